The Morgan fingerprint density at radius 2 is 2.26 bits per heavy atom. The Labute approximate surface area is 111 Å². The molecule has 0 bridgehead atoms. The first-order valence-electron chi connectivity index (χ1n) is 6.30. The molecule has 0 radical (unpaired) electrons. The van der Waals surface area contributed by atoms with E-state index in [1.807, 2.05) is 12.1 Å². The van der Waals surface area contributed by atoms with Crippen molar-refractivity contribution in [2.24, 2.45) is 0 Å². The minimum absolute atomic E-state index is 0.204. The maximum Gasteiger partial charge on any atom is 0.338 e. The van der Waals surface area contributed by atoms with Crippen molar-refractivity contribution < 1.29 is 14.3 Å². The number of carboxylic acid groups (broad SMARTS) is 1. The summed E-state index contributed by atoms with van der Waals surface area (Å²) in [5, 5.41) is 8.90. The van der Waals surface area contributed by atoms with Crippen LogP contribution in [0.15, 0.2) is 41.0 Å². The summed E-state index contributed by atoms with van der Waals surface area (Å²) in [5.74, 6) is -0.272. The minimum Gasteiger partial charge on any atom is -0.478 e. The van der Waals surface area contributed by atoms with E-state index in [-0.39, 0.29) is 5.56 Å². The van der Waals surface area contributed by atoms with Crippen LogP contribution in [0, 0.1) is 0 Å². The predicted octanol–water partition coefficient (Wildman–Crippen LogP) is 2.93. The molecule has 4 heteroatoms. The highest BCUT2D eigenvalue weighted by Gasteiger charge is 2.26. The van der Waals surface area contributed by atoms with E-state index in [1.54, 1.807) is 6.07 Å². The number of anilines is 1. The van der Waals surface area contributed by atoms with Crippen molar-refractivity contribution in [3.8, 4) is 0 Å². The number of nitrogens with zero attached hydrogens (tertiary/aromatic N) is 1. The fraction of sp³-hybridized carbons (Fsp3) is 0.267. The summed E-state index contributed by atoms with van der Waals surface area (Å²) in [6.07, 6.45) is 2.31. The highest BCUT2D eigenvalue weighted by Crippen LogP contribution is 2.33. The number of carbonyl (C=O) groups is 1. The molecule has 1 aliphatic heterocycles. The number of hydrogen-bond donors (Lipinski definition) is 1. The van der Waals surface area contributed by atoms with Crippen molar-refractivity contribution in [1.29, 1.82) is 0 Å². The lowest BCUT2D eigenvalue weighted by atomic mass is 10.1. The molecule has 1 aromatic carbocycles. The van der Waals surface area contributed by atoms with Gasteiger partial charge in [0.1, 0.15) is 12.0 Å². The molecule has 19 heavy (non-hydrogen) atoms. The Morgan fingerprint density at radius 3 is 3.00 bits per heavy atom. The second-order valence-electron chi connectivity index (χ2n) is 4.92. The van der Waals surface area contributed by atoms with Crippen LogP contribution in [0.25, 0.3) is 0 Å². The second-order valence-corrected chi connectivity index (χ2v) is 4.92. The van der Waals surface area contributed by atoms with E-state index in [4.69, 9.17) is 9.52 Å². The summed E-state index contributed by atoms with van der Waals surface area (Å²) in [4.78, 5) is 13.1. The zero-order chi connectivity index (χ0) is 13.4. The number of hydrogen-bond acceptors (Lipinski definition) is 3. The van der Waals surface area contributed by atoms with Crippen LogP contribution in [0.1, 0.15) is 28.6 Å². The van der Waals surface area contributed by atoms with Gasteiger partial charge in [0.15, 0.2) is 0 Å². The number of rotatable bonds is 3. The van der Waals surface area contributed by atoms with E-state index in [0.717, 1.165) is 6.42 Å². The molecule has 1 unspecified atom stereocenters. The number of aromatic carboxylic acids is 1. The summed E-state index contributed by atoms with van der Waals surface area (Å²) < 4.78 is 5.33. The lowest BCUT2D eigenvalue weighted by molar-refractivity contribution is 0.0696. The van der Waals surface area contributed by atoms with Gasteiger partial charge < -0.3 is 14.4 Å². The first kappa shape index (κ1) is 11.8. The Kier molecular flexibility index (Phi) is 2.78. The van der Waals surface area contributed by atoms with E-state index in [2.05, 4.69) is 24.0 Å². The average Bonchev–Trinajstić information content (AvgIpc) is 2.96. The van der Waals surface area contributed by atoms with Crippen molar-refractivity contribution in [2.45, 2.75) is 25.9 Å². The SMILES string of the molecule is CC1Cc2ccccc2N1Cc1cc(C(=O)O)co1. The van der Waals surface area contributed by atoms with E-state index in [0.29, 0.717) is 18.3 Å². The highest BCUT2D eigenvalue weighted by atomic mass is 16.4. The van der Waals surface area contributed by atoms with Crippen molar-refractivity contribution >= 4 is 11.7 Å². The normalized spacial score (nSPS) is 17.5. The third-order valence-corrected chi connectivity index (χ3v) is 3.58. The van der Waals surface area contributed by atoms with Crippen LogP contribution in [0.4, 0.5) is 5.69 Å². The summed E-state index contributed by atoms with van der Waals surface area (Å²) >= 11 is 0. The van der Waals surface area contributed by atoms with Gasteiger partial charge in [-0.2, -0.15) is 0 Å². The fourth-order valence-electron chi connectivity index (χ4n) is 2.61. The molecule has 0 spiro atoms. The number of carboxylic acids is 1. The van der Waals surface area contributed by atoms with Gasteiger partial charge in [0, 0.05) is 11.7 Å². The fourth-order valence-corrected chi connectivity index (χ4v) is 2.61. The third kappa shape index (κ3) is 2.10. The number of para-hydroxylation sites is 1. The molecule has 2 heterocycles. The molecule has 0 amide bonds. The standard InChI is InChI=1S/C15H15NO3/c1-10-6-11-4-2-3-5-14(11)16(10)8-13-7-12(9-19-13)15(17)18/h2-5,7,9-10H,6,8H2,1H3,(H,17,18). The van der Waals surface area contributed by atoms with Gasteiger partial charge in [0.25, 0.3) is 0 Å². The van der Waals surface area contributed by atoms with Crippen molar-refractivity contribution in [3.63, 3.8) is 0 Å². The van der Waals surface area contributed by atoms with Crippen LogP contribution >= 0.6 is 0 Å². The summed E-state index contributed by atoms with van der Waals surface area (Å²) in [6, 6.07) is 10.3. The first-order chi connectivity index (χ1) is 9.15. The zero-order valence-corrected chi connectivity index (χ0v) is 10.7. The van der Waals surface area contributed by atoms with Gasteiger partial charge in [-0.1, -0.05) is 18.2 Å². The van der Waals surface area contributed by atoms with Gasteiger partial charge >= 0.3 is 5.97 Å². The molecule has 1 atom stereocenters. The molecular weight excluding hydrogens is 242 g/mol. The lowest BCUT2D eigenvalue weighted by Crippen LogP contribution is -2.28. The monoisotopic (exact) mass is 257 g/mol. The quantitative estimate of drug-likeness (QED) is 0.918. The Balaban J connectivity index is 1.85. The van der Waals surface area contributed by atoms with Crippen molar-refractivity contribution in [2.75, 3.05) is 4.90 Å². The predicted molar refractivity (Wildman–Crippen MR) is 71.5 cm³/mol. The molecule has 98 valence electrons. The number of fused-ring (bicyclic) bond motifs is 1. The molecule has 0 saturated heterocycles. The van der Waals surface area contributed by atoms with Crippen molar-refractivity contribution in [1.82, 2.24) is 0 Å². The van der Waals surface area contributed by atoms with Crippen LogP contribution in [0.3, 0.4) is 0 Å². The maximum absolute atomic E-state index is 10.8. The molecule has 1 aromatic heterocycles. The average molecular weight is 257 g/mol. The maximum atomic E-state index is 10.8. The van der Waals surface area contributed by atoms with Crippen molar-refractivity contribution in [3.05, 3.63) is 53.5 Å². The molecule has 1 aliphatic rings. The highest BCUT2D eigenvalue weighted by molar-refractivity contribution is 5.87. The van der Waals surface area contributed by atoms with Gasteiger partial charge in [0.05, 0.1) is 12.1 Å². The second kappa shape index (κ2) is 4.46. The Hall–Kier alpha value is -2.23. The molecule has 3 rings (SSSR count). The summed E-state index contributed by atoms with van der Waals surface area (Å²) in [5.41, 5.74) is 2.75. The summed E-state index contributed by atoms with van der Waals surface area (Å²) in [7, 11) is 0. The topological polar surface area (TPSA) is 53.7 Å². The minimum atomic E-state index is -0.954. The molecular formula is C15H15NO3. The zero-order valence-electron chi connectivity index (χ0n) is 10.7. The molecule has 0 saturated carbocycles. The molecule has 0 fully saturated rings. The van der Waals surface area contributed by atoms with Gasteiger partial charge in [-0.15, -0.1) is 0 Å². The Bertz CT molecular complexity index is 617. The number of furan rings is 1. The molecule has 4 nitrogen and oxygen atoms in total. The third-order valence-electron chi connectivity index (χ3n) is 3.58. The smallest absolute Gasteiger partial charge is 0.338 e. The van der Waals surface area contributed by atoms with Gasteiger partial charge in [-0.05, 0) is 31.0 Å². The van der Waals surface area contributed by atoms with Crippen LogP contribution in [-0.2, 0) is 13.0 Å². The van der Waals surface area contributed by atoms with E-state index in [1.165, 1.54) is 17.5 Å². The Morgan fingerprint density at radius 1 is 1.47 bits per heavy atom. The van der Waals surface area contributed by atoms with Gasteiger partial charge in [-0.3, -0.25) is 0 Å². The van der Waals surface area contributed by atoms with Gasteiger partial charge in [-0.25, -0.2) is 4.79 Å². The lowest BCUT2D eigenvalue weighted by Gasteiger charge is -2.23. The largest absolute Gasteiger partial charge is 0.478 e. The van der Waals surface area contributed by atoms with Crippen LogP contribution in [0.5, 0.6) is 0 Å². The van der Waals surface area contributed by atoms with Crippen LogP contribution in [0.2, 0.25) is 0 Å². The summed E-state index contributed by atoms with van der Waals surface area (Å²) in [6.45, 7) is 2.77. The first-order valence-corrected chi connectivity index (χ1v) is 6.30. The van der Waals surface area contributed by atoms with Crippen LogP contribution < -0.4 is 4.90 Å². The van der Waals surface area contributed by atoms with E-state index in [9.17, 15) is 4.79 Å². The molecule has 0 aliphatic carbocycles. The molecule has 2 aromatic rings. The number of benzene rings is 1. The van der Waals surface area contributed by atoms with Crippen LogP contribution in [-0.4, -0.2) is 17.1 Å². The van der Waals surface area contributed by atoms with E-state index >= 15 is 0 Å². The molecule has 1 N–H and O–H groups in total. The van der Waals surface area contributed by atoms with E-state index < -0.39 is 5.97 Å². The van der Waals surface area contributed by atoms with Gasteiger partial charge in [0.2, 0.25) is 0 Å².